The zero-order chi connectivity index (χ0) is 34.6. The van der Waals surface area contributed by atoms with Crippen molar-refractivity contribution in [1.29, 1.82) is 0 Å². The highest BCUT2D eigenvalue weighted by Crippen LogP contribution is 2.31. The first-order valence-electron chi connectivity index (χ1n) is 15.2. The maximum absolute atomic E-state index is 13.0. The number of nitrogens with zero attached hydrogens (tertiary/aromatic N) is 3. The first kappa shape index (κ1) is 36.3. The van der Waals surface area contributed by atoms with Gasteiger partial charge in [0, 0.05) is 23.7 Å². The number of imide groups is 1. The van der Waals surface area contributed by atoms with Crippen LogP contribution in [0.5, 0.6) is 0 Å². The molecule has 1 heterocycles. The van der Waals surface area contributed by atoms with Gasteiger partial charge < -0.3 is 31.2 Å². The Morgan fingerprint density at radius 2 is 1.45 bits per heavy atom. The Bertz CT molecular complexity index is 1470. The zero-order valence-corrected chi connectivity index (χ0v) is 26.9. The maximum atomic E-state index is 13.0. The molecule has 0 spiro atoms. The summed E-state index contributed by atoms with van der Waals surface area (Å²) in [4.78, 5) is 75.1. The zero-order valence-electron chi connectivity index (χ0n) is 26.9. The molecule has 0 unspecified atom stereocenters. The Kier molecular flexibility index (Phi) is 13.1. The van der Waals surface area contributed by atoms with Crippen LogP contribution >= 0.6 is 0 Å². The van der Waals surface area contributed by atoms with Gasteiger partial charge in [0.05, 0.1) is 31.1 Å². The van der Waals surface area contributed by atoms with E-state index in [9.17, 15) is 28.8 Å². The molecule has 0 radical (unpaired) electrons. The number of benzene rings is 2. The van der Waals surface area contributed by atoms with Gasteiger partial charge in [-0.25, -0.2) is 14.5 Å². The third-order valence-corrected chi connectivity index (χ3v) is 6.73. The lowest BCUT2D eigenvalue weighted by Crippen LogP contribution is -2.46. The molecule has 2 atom stereocenters. The van der Waals surface area contributed by atoms with Crippen molar-refractivity contribution in [2.75, 3.05) is 30.3 Å². The third kappa shape index (κ3) is 11.6. The van der Waals surface area contributed by atoms with Gasteiger partial charge in [0.25, 0.3) is 0 Å². The summed E-state index contributed by atoms with van der Waals surface area (Å²) in [5, 5.41) is 16.2. The van der Waals surface area contributed by atoms with E-state index in [4.69, 9.17) is 15.2 Å². The molecule has 0 aromatic heterocycles. The summed E-state index contributed by atoms with van der Waals surface area (Å²) in [5.41, 5.74) is 6.62. The van der Waals surface area contributed by atoms with Crippen LogP contribution in [-0.2, 0) is 33.4 Å². The van der Waals surface area contributed by atoms with E-state index >= 15 is 0 Å². The number of nitrogens with one attached hydrogen (secondary N) is 3. The molecule has 0 aliphatic carbocycles. The number of amides is 5. The van der Waals surface area contributed by atoms with Crippen molar-refractivity contribution in [3.63, 3.8) is 0 Å². The van der Waals surface area contributed by atoms with Crippen LogP contribution in [0, 0.1) is 5.92 Å². The second kappa shape index (κ2) is 16.9. The normalized spacial score (nSPS) is 16.1. The van der Waals surface area contributed by atoms with Crippen LogP contribution in [-0.4, -0.2) is 71.9 Å². The number of azo groups is 1. The number of likely N-dealkylation sites (tertiary alicyclic amines) is 1. The van der Waals surface area contributed by atoms with Gasteiger partial charge in [-0.3, -0.25) is 19.2 Å². The minimum Gasteiger partial charge on any atom is -0.464 e. The molecule has 5 N–H and O–H groups in total. The molecule has 0 bridgehead atoms. The van der Waals surface area contributed by atoms with Crippen molar-refractivity contribution in [2.24, 2.45) is 21.9 Å². The van der Waals surface area contributed by atoms with Gasteiger partial charge in [-0.05, 0) is 95.5 Å². The number of esters is 1. The SMILES string of the molecule is CCOC(=O)[C@@H]1C[C@@H](CCCC(=O)NCC(=O)Nc2ccc(/N=N/c3ccc(NC(=O)CN)cc3)cc2)C(=O)N1C(=O)OC(C)(C)C. The van der Waals surface area contributed by atoms with Gasteiger partial charge >= 0.3 is 12.1 Å². The fourth-order valence-electron chi connectivity index (χ4n) is 4.57. The van der Waals surface area contributed by atoms with Crippen LogP contribution in [0.25, 0.3) is 0 Å². The maximum Gasteiger partial charge on any atom is 0.417 e. The molecule has 1 saturated heterocycles. The van der Waals surface area contributed by atoms with Crippen LogP contribution in [0.1, 0.15) is 53.4 Å². The fraction of sp³-hybridized carbons (Fsp3) is 0.438. The number of nitrogens with two attached hydrogens (primary N) is 1. The summed E-state index contributed by atoms with van der Waals surface area (Å²) in [6.07, 6.45) is -0.241. The van der Waals surface area contributed by atoms with Crippen LogP contribution in [0.2, 0.25) is 0 Å². The molecule has 15 nitrogen and oxygen atoms in total. The fourth-order valence-corrected chi connectivity index (χ4v) is 4.57. The van der Waals surface area contributed by atoms with E-state index in [2.05, 4.69) is 26.2 Å². The topological polar surface area (TPSA) is 211 Å². The third-order valence-electron chi connectivity index (χ3n) is 6.73. The van der Waals surface area contributed by atoms with E-state index in [1.807, 2.05) is 0 Å². The van der Waals surface area contributed by atoms with Crippen LogP contribution < -0.4 is 21.7 Å². The van der Waals surface area contributed by atoms with E-state index in [-0.39, 0.29) is 50.8 Å². The number of carbonyl (C=O) groups excluding carboxylic acids is 6. The standard InChI is InChI=1S/C32H41N7O8/c1-5-46-30(44)25-17-20(29(43)39(25)31(45)47-32(2,3)4)7-6-8-26(40)34-19-28(42)36-22-11-15-24(16-12-22)38-37-23-13-9-21(10-14-23)35-27(41)18-33/h9-16,20,25H,5-8,17-19,33H2,1-4H3,(H,34,40)(H,35,41)(H,36,42)/b38-37+/t20-,25+/m1/s1. The number of hydrogen-bond donors (Lipinski definition) is 4. The second-order valence-corrected chi connectivity index (χ2v) is 11.7. The Balaban J connectivity index is 1.42. The Hall–Kier alpha value is -5.18. The average Bonchev–Trinajstić information content (AvgIpc) is 3.35. The van der Waals surface area contributed by atoms with E-state index in [0.717, 1.165) is 4.90 Å². The highest BCUT2D eigenvalue weighted by molar-refractivity contribution is 6.01. The highest BCUT2D eigenvalue weighted by atomic mass is 16.6. The predicted molar refractivity (Wildman–Crippen MR) is 172 cm³/mol. The highest BCUT2D eigenvalue weighted by Gasteiger charge is 2.48. The van der Waals surface area contributed by atoms with E-state index < -0.39 is 41.4 Å². The Morgan fingerprint density at radius 3 is 1.96 bits per heavy atom. The molecule has 252 valence electrons. The minimum atomic E-state index is -1.09. The molecule has 2 aromatic carbocycles. The summed E-state index contributed by atoms with van der Waals surface area (Å²) in [7, 11) is 0. The number of carbonyl (C=O) groups is 6. The molecule has 1 fully saturated rings. The van der Waals surface area contributed by atoms with Gasteiger partial charge in [-0.15, -0.1) is 0 Å². The average molecular weight is 652 g/mol. The Morgan fingerprint density at radius 1 is 0.894 bits per heavy atom. The smallest absolute Gasteiger partial charge is 0.417 e. The van der Waals surface area contributed by atoms with Crippen molar-refractivity contribution in [2.45, 2.75) is 65.0 Å². The molecule has 3 rings (SSSR count). The number of ether oxygens (including phenoxy) is 2. The summed E-state index contributed by atoms with van der Waals surface area (Å²) >= 11 is 0. The molecule has 15 heteroatoms. The van der Waals surface area contributed by atoms with Crippen LogP contribution in [0.3, 0.4) is 0 Å². The molecule has 2 aromatic rings. The molecule has 47 heavy (non-hydrogen) atoms. The largest absolute Gasteiger partial charge is 0.464 e. The van der Waals surface area contributed by atoms with Gasteiger partial charge in [-0.2, -0.15) is 10.2 Å². The summed E-state index contributed by atoms with van der Waals surface area (Å²) in [6, 6.07) is 12.3. The van der Waals surface area contributed by atoms with Gasteiger partial charge in [-0.1, -0.05) is 0 Å². The van der Waals surface area contributed by atoms with Gasteiger partial charge in [0.2, 0.25) is 23.6 Å². The molecule has 1 aliphatic heterocycles. The lowest BCUT2D eigenvalue weighted by atomic mass is 9.98. The number of anilines is 2. The van der Waals surface area contributed by atoms with Crippen LogP contribution in [0.4, 0.5) is 27.5 Å². The quantitative estimate of drug-likeness (QED) is 0.182. The molecule has 0 saturated carbocycles. The Labute approximate surface area is 272 Å². The summed E-state index contributed by atoms with van der Waals surface area (Å²) < 4.78 is 10.4. The van der Waals surface area contributed by atoms with Crippen molar-refractivity contribution in [1.82, 2.24) is 10.2 Å². The lowest BCUT2D eigenvalue weighted by Gasteiger charge is -2.26. The van der Waals surface area contributed by atoms with E-state index in [0.29, 0.717) is 29.2 Å². The van der Waals surface area contributed by atoms with Crippen molar-refractivity contribution >= 4 is 58.4 Å². The first-order valence-corrected chi connectivity index (χ1v) is 15.2. The summed E-state index contributed by atoms with van der Waals surface area (Å²) in [5.74, 6) is -3.02. The van der Waals surface area contributed by atoms with Gasteiger partial charge in [0.15, 0.2) is 0 Å². The molecule has 5 amide bonds. The number of hydrogen-bond acceptors (Lipinski definition) is 11. The van der Waals surface area contributed by atoms with E-state index in [1.54, 1.807) is 76.2 Å². The summed E-state index contributed by atoms with van der Waals surface area (Å²) in [6.45, 7) is 6.32. The van der Waals surface area contributed by atoms with E-state index in [1.165, 1.54) is 0 Å². The molecule has 1 aliphatic rings. The number of rotatable bonds is 13. The minimum absolute atomic E-state index is 0.0400. The lowest BCUT2D eigenvalue weighted by molar-refractivity contribution is -0.151. The van der Waals surface area contributed by atoms with Crippen LogP contribution in [0.15, 0.2) is 58.8 Å². The second-order valence-electron chi connectivity index (χ2n) is 11.7. The molecular formula is C32H41N7O8. The predicted octanol–water partition coefficient (Wildman–Crippen LogP) is 3.94. The monoisotopic (exact) mass is 651 g/mol. The first-order chi connectivity index (χ1) is 22.3. The van der Waals surface area contributed by atoms with Crippen molar-refractivity contribution in [3.05, 3.63) is 48.5 Å². The van der Waals surface area contributed by atoms with Crippen molar-refractivity contribution < 1.29 is 38.2 Å². The van der Waals surface area contributed by atoms with Crippen molar-refractivity contribution in [3.8, 4) is 0 Å². The molecular weight excluding hydrogens is 610 g/mol. The van der Waals surface area contributed by atoms with Gasteiger partial charge in [0.1, 0.15) is 11.6 Å².